The highest BCUT2D eigenvalue weighted by atomic mass is 32.1. The third-order valence-corrected chi connectivity index (χ3v) is 9.78. The van der Waals surface area contributed by atoms with Crippen molar-refractivity contribution in [3.05, 3.63) is 102 Å². The van der Waals surface area contributed by atoms with E-state index in [1.54, 1.807) is 17.4 Å². The molecule has 3 aliphatic rings. The largest absolute Gasteiger partial charge is 0.477 e. The first-order chi connectivity index (χ1) is 18.6. The quantitative estimate of drug-likeness (QED) is 0.216. The Morgan fingerprint density at radius 1 is 0.921 bits per heavy atom. The maximum absolute atomic E-state index is 11.1. The van der Waals surface area contributed by atoms with Gasteiger partial charge in [0.15, 0.2) is 0 Å². The number of aliphatic carboxylic acids is 1. The number of hydrogen-bond donors (Lipinski definition) is 1. The van der Waals surface area contributed by atoms with Crippen molar-refractivity contribution in [2.75, 3.05) is 4.90 Å². The summed E-state index contributed by atoms with van der Waals surface area (Å²) in [5.74, 6) is 0.985. The lowest BCUT2D eigenvalue weighted by atomic mass is 9.82. The highest BCUT2D eigenvalue weighted by molar-refractivity contribution is 7.18. The first-order valence-corrected chi connectivity index (χ1v) is 14.0. The van der Waals surface area contributed by atoms with E-state index < -0.39 is 5.97 Å². The first kappa shape index (κ1) is 23.0. The van der Waals surface area contributed by atoms with Gasteiger partial charge < -0.3 is 10.0 Å². The summed E-state index contributed by atoms with van der Waals surface area (Å²) in [6.45, 7) is 0. The second-order valence-electron chi connectivity index (χ2n) is 10.6. The Morgan fingerprint density at radius 3 is 2.37 bits per heavy atom. The van der Waals surface area contributed by atoms with Crippen LogP contribution in [0.1, 0.15) is 36.3 Å². The zero-order chi connectivity index (χ0) is 25.8. The number of para-hydroxylation sites is 1. The van der Waals surface area contributed by atoms with Crippen LogP contribution in [0.15, 0.2) is 90.5 Å². The maximum Gasteiger partial charge on any atom is 0.346 e. The monoisotopic (exact) mass is 514 g/mol. The summed E-state index contributed by atoms with van der Waals surface area (Å²) in [7, 11) is 0. The number of hydrogen-bond acceptors (Lipinski definition) is 4. The summed E-state index contributed by atoms with van der Waals surface area (Å²) in [5, 5.41) is 18.1. The van der Waals surface area contributed by atoms with Gasteiger partial charge in [-0.2, -0.15) is 5.26 Å². The average Bonchev–Trinajstić information content (AvgIpc) is 3.74. The van der Waals surface area contributed by atoms with Crippen molar-refractivity contribution >= 4 is 34.8 Å². The summed E-state index contributed by atoms with van der Waals surface area (Å²) in [5.41, 5.74) is 6.99. The number of anilines is 2. The zero-order valence-electron chi connectivity index (χ0n) is 20.7. The van der Waals surface area contributed by atoms with Crippen molar-refractivity contribution in [1.29, 1.82) is 5.26 Å². The summed E-state index contributed by atoms with van der Waals surface area (Å²) in [4.78, 5) is 16.2. The van der Waals surface area contributed by atoms with Crippen LogP contribution in [0.25, 0.3) is 27.0 Å². The second-order valence-corrected chi connectivity index (χ2v) is 11.7. The van der Waals surface area contributed by atoms with Gasteiger partial charge >= 0.3 is 5.97 Å². The van der Waals surface area contributed by atoms with Crippen LogP contribution in [0.3, 0.4) is 0 Å². The lowest BCUT2D eigenvalue weighted by Gasteiger charge is -2.33. The molecule has 7 rings (SSSR count). The van der Waals surface area contributed by atoms with E-state index in [9.17, 15) is 4.79 Å². The molecule has 2 fully saturated rings. The fourth-order valence-electron chi connectivity index (χ4n) is 7.03. The molecule has 2 heterocycles. The Labute approximate surface area is 226 Å². The summed E-state index contributed by atoms with van der Waals surface area (Å²) >= 11 is 1.78. The van der Waals surface area contributed by atoms with Crippen LogP contribution in [-0.2, 0) is 4.79 Å². The molecule has 1 aliphatic heterocycles. The minimum atomic E-state index is -1.21. The molecule has 186 valence electrons. The van der Waals surface area contributed by atoms with Crippen LogP contribution in [0.2, 0.25) is 0 Å². The molecule has 3 aromatic carbocycles. The molecule has 0 spiro atoms. The Bertz CT molecular complexity index is 1610. The van der Waals surface area contributed by atoms with Gasteiger partial charge in [0.25, 0.3) is 0 Å². The molecule has 0 radical (unpaired) electrons. The number of benzene rings is 3. The van der Waals surface area contributed by atoms with Gasteiger partial charge in [-0.1, -0.05) is 48.5 Å². The molecule has 4 unspecified atom stereocenters. The molecule has 2 bridgehead atoms. The summed E-state index contributed by atoms with van der Waals surface area (Å²) < 4.78 is 0. The van der Waals surface area contributed by atoms with Crippen molar-refractivity contribution in [3.63, 3.8) is 0 Å². The molecule has 0 amide bonds. The fourth-order valence-corrected chi connectivity index (χ4v) is 8.03. The van der Waals surface area contributed by atoms with E-state index in [1.807, 2.05) is 24.3 Å². The number of thiophene rings is 1. The highest BCUT2D eigenvalue weighted by Gasteiger charge is 2.55. The maximum atomic E-state index is 11.1. The molecular weight excluding hydrogens is 488 g/mol. The van der Waals surface area contributed by atoms with Gasteiger partial charge in [0.1, 0.15) is 11.6 Å². The average molecular weight is 515 g/mol. The lowest BCUT2D eigenvalue weighted by Crippen LogP contribution is -2.35. The molecule has 4 aromatic rings. The van der Waals surface area contributed by atoms with Crippen LogP contribution in [0.4, 0.5) is 11.4 Å². The fraction of sp³-hybridized carbons (Fsp3) is 0.212. The number of fused-ring (bicyclic) bond motifs is 7. The van der Waals surface area contributed by atoms with Crippen LogP contribution in [0, 0.1) is 23.2 Å². The van der Waals surface area contributed by atoms with E-state index in [1.165, 1.54) is 57.6 Å². The van der Waals surface area contributed by atoms with Crippen LogP contribution >= 0.6 is 11.3 Å². The van der Waals surface area contributed by atoms with Crippen LogP contribution < -0.4 is 4.90 Å². The molecular formula is C33H26N2O2S. The van der Waals surface area contributed by atoms with Crippen LogP contribution in [-0.4, -0.2) is 17.1 Å². The summed E-state index contributed by atoms with van der Waals surface area (Å²) in [6.07, 6.45) is 5.47. The molecule has 1 aromatic heterocycles. The number of carbonyl (C=O) groups is 1. The predicted octanol–water partition coefficient (Wildman–Crippen LogP) is 8.11. The third kappa shape index (κ3) is 3.68. The smallest absolute Gasteiger partial charge is 0.346 e. The summed E-state index contributed by atoms with van der Waals surface area (Å²) in [6, 6.07) is 32.3. The van der Waals surface area contributed by atoms with Gasteiger partial charge in [0.05, 0.1) is 0 Å². The molecule has 38 heavy (non-hydrogen) atoms. The van der Waals surface area contributed by atoms with E-state index in [4.69, 9.17) is 10.4 Å². The molecule has 5 heteroatoms. The topological polar surface area (TPSA) is 64.3 Å². The third-order valence-electron chi connectivity index (χ3n) is 8.60. The normalized spacial score (nSPS) is 23.2. The Kier molecular flexibility index (Phi) is 5.45. The Hall–Kier alpha value is -4.14. The molecule has 2 saturated carbocycles. The van der Waals surface area contributed by atoms with Crippen molar-refractivity contribution in [3.8, 4) is 27.0 Å². The van der Waals surface area contributed by atoms with E-state index in [0.29, 0.717) is 17.5 Å². The van der Waals surface area contributed by atoms with Crippen molar-refractivity contribution < 1.29 is 9.90 Å². The number of carboxylic acids is 1. The molecule has 4 atom stereocenters. The van der Waals surface area contributed by atoms with Crippen molar-refractivity contribution in [2.24, 2.45) is 11.8 Å². The van der Waals surface area contributed by atoms with E-state index in [0.717, 1.165) is 17.4 Å². The highest BCUT2D eigenvalue weighted by Crippen LogP contribution is 2.62. The van der Waals surface area contributed by atoms with Gasteiger partial charge in [-0.25, -0.2) is 4.79 Å². The minimum Gasteiger partial charge on any atom is -0.477 e. The van der Waals surface area contributed by atoms with Gasteiger partial charge in [-0.3, -0.25) is 0 Å². The zero-order valence-corrected chi connectivity index (χ0v) is 21.6. The molecule has 0 saturated heterocycles. The minimum absolute atomic E-state index is 0.267. The van der Waals surface area contributed by atoms with E-state index >= 15 is 0 Å². The van der Waals surface area contributed by atoms with E-state index in [-0.39, 0.29) is 5.57 Å². The molecule has 4 nitrogen and oxygen atoms in total. The SMILES string of the molecule is N#C/C(=C\c1ccc(-c2ccc(-c3ccc4c(c3)C3C5CCC(C5)C3N4c3ccccc3)s2)cc1)C(=O)O. The molecule has 1 N–H and O–H groups in total. The number of nitriles is 1. The molecule has 2 aliphatic carbocycles. The first-order valence-electron chi connectivity index (χ1n) is 13.1. The second kappa shape index (κ2) is 9.01. The standard InChI is InChI=1S/C33H26N2O2S/c34-19-25(33(36)37)16-20-6-8-21(9-7-20)29-14-15-30(38-29)22-12-13-28-27(18-22)31-23-10-11-24(17-23)32(31)35(28)26-4-2-1-3-5-26/h1-9,12-16,18,23-24,31-32H,10-11,17H2,(H,36,37)/b25-16+. The van der Waals surface area contributed by atoms with E-state index in [2.05, 4.69) is 65.6 Å². The number of carboxylic acid groups (broad SMARTS) is 1. The van der Waals surface area contributed by atoms with Crippen molar-refractivity contribution in [2.45, 2.75) is 31.2 Å². The number of nitrogens with zero attached hydrogens (tertiary/aromatic N) is 2. The lowest BCUT2D eigenvalue weighted by molar-refractivity contribution is -0.132. The van der Waals surface area contributed by atoms with Crippen LogP contribution in [0.5, 0.6) is 0 Å². The van der Waals surface area contributed by atoms with Gasteiger partial charge in [-0.15, -0.1) is 11.3 Å². The predicted molar refractivity (Wildman–Crippen MR) is 152 cm³/mol. The Morgan fingerprint density at radius 2 is 1.63 bits per heavy atom. The van der Waals surface area contributed by atoms with Gasteiger partial charge in [0, 0.05) is 33.1 Å². The Balaban J connectivity index is 1.21. The number of rotatable bonds is 5. The van der Waals surface area contributed by atoms with Crippen molar-refractivity contribution in [1.82, 2.24) is 0 Å². The van der Waals surface area contributed by atoms with Gasteiger partial charge in [0.2, 0.25) is 0 Å². The van der Waals surface area contributed by atoms with Gasteiger partial charge in [-0.05, 0) is 95.8 Å².